The van der Waals surface area contributed by atoms with Crippen molar-refractivity contribution in [2.75, 3.05) is 19.6 Å². The van der Waals surface area contributed by atoms with Gasteiger partial charge in [-0.15, -0.1) is 10.2 Å². The van der Waals surface area contributed by atoms with Crippen molar-refractivity contribution in [3.05, 3.63) is 126 Å². The molecule has 4 aromatic carbocycles. The number of hydrogen-bond donors (Lipinski definition) is 1. The van der Waals surface area contributed by atoms with E-state index in [0.29, 0.717) is 28.7 Å². The van der Waals surface area contributed by atoms with Gasteiger partial charge in [0.2, 0.25) is 0 Å². The Morgan fingerprint density at radius 1 is 0.690 bits per heavy atom. The second-order valence-electron chi connectivity index (χ2n) is 9.26. The number of amidine groups is 1. The molecule has 9 nitrogen and oxygen atoms in total. The van der Waals surface area contributed by atoms with Crippen molar-refractivity contribution >= 4 is 23.8 Å². The van der Waals surface area contributed by atoms with Crippen LogP contribution < -0.4 is 14.9 Å². The number of hydrogen-bond acceptors (Lipinski definition) is 8. The van der Waals surface area contributed by atoms with E-state index in [9.17, 15) is 4.79 Å². The number of aliphatic imine (C=N–C) groups is 1. The summed E-state index contributed by atoms with van der Waals surface area (Å²) in [5.41, 5.74) is 7.77. The summed E-state index contributed by atoms with van der Waals surface area (Å²) < 4.78 is 10.8. The second-order valence-corrected chi connectivity index (χ2v) is 9.26. The van der Waals surface area contributed by atoms with Crippen LogP contribution in [0.5, 0.6) is 11.5 Å². The molecule has 206 valence electrons. The van der Waals surface area contributed by atoms with E-state index in [4.69, 9.17) is 19.5 Å². The summed E-state index contributed by atoms with van der Waals surface area (Å²) in [5.74, 6) is 1.32. The highest BCUT2D eigenvalue weighted by Crippen LogP contribution is 2.31. The van der Waals surface area contributed by atoms with Gasteiger partial charge in [-0.3, -0.25) is 10.2 Å². The zero-order valence-corrected chi connectivity index (χ0v) is 22.9. The molecule has 0 aliphatic carbocycles. The first-order valence-electron chi connectivity index (χ1n) is 13.2. The quantitative estimate of drug-likeness (QED) is 0.239. The van der Waals surface area contributed by atoms with Gasteiger partial charge < -0.3 is 9.47 Å². The van der Waals surface area contributed by atoms with E-state index in [-0.39, 0.29) is 17.6 Å². The van der Waals surface area contributed by atoms with Gasteiger partial charge in [-0.2, -0.15) is 5.01 Å². The Balaban J connectivity index is 1.39. The summed E-state index contributed by atoms with van der Waals surface area (Å²) >= 11 is 0. The lowest BCUT2D eigenvalue weighted by molar-refractivity contribution is -0.121. The van der Waals surface area contributed by atoms with Gasteiger partial charge in [0.05, 0.1) is 14.2 Å². The summed E-state index contributed by atoms with van der Waals surface area (Å²) in [6.07, 6.45) is 1.70. The highest BCUT2D eigenvalue weighted by molar-refractivity contribution is 6.20. The Kier molecular flexibility index (Phi) is 7.37. The molecule has 9 heteroatoms. The molecule has 42 heavy (non-hydrogen) atoms. The molecule has 0 saturated heterocycles. The molecule has 1 N–H and O–H groups in total. The van der Waals surface area contributed by atoms with Crippen LogP contribution in [0.15, 0.2) is 120 Å². The molecular weight excluding hydrogens is 528 g/mol. The number of anilines is 1. The molecule has 1 aromatic heterocycles. The number of ether oxygens (including phenoxy) is 2. The molecule has 0 atom stereocenters. The van der Waals surface area contributed by atoms with Gasteiger partial charge in [0.15, 0.2) is 17.3 Å². The topological polar surface area (TPSA) is 102 Å². The average Bonchev–Trinajstić information content (AvgIpc) is 3.36. The van der Waals surface area contributed by atoms with Crippen molar-refractivity contribution in [1.82, 2.24) is 20.2 Å². The number of carbonyl (C=O) groups is 1. The van der Waals surface area contributed by atoms with E-state index in [1.165, 1.54) is 5.01 Å². The number of benzene rings is 4. The fraction of sp³-hybridized carbons (Fsp3) is 0.0606. The number of amides is 1. The van der Waals surface area contributed by atoms with Crippen LogP contribution in [0.2, 0.25) is 0 Å². The van der Waals surface area contributed by atoms with E-state index in [0.717, 1.165) is 22.3 Å². The predicted octanol–water partition coefficient (Wildman–Crippen LogP) is 5.88. The molecule has 1 aliphatic heterocycles. The van der Waals surface area contributed by atoms with Crippen LogP contribution in [0, 0.1) is 0 Å². The lowest BCUT2D eigenvalue weighted by Crippen LogP contribution is -2.38. The predicted molar refractivity (Wildman–Crippen MR) is 162 cm³/mol. The van der Waals surface area contributed by atoms with Crippen LogP contribution in [-0.2, 0) is 4.79 Å². The fourth-order valence-electron chi connectivity index (χ4n) is 4.56. The minimum absolute atomic E-state index is 0.151. The van der Waals surface area contributed by atoms with Crippen molar-refractivity contribution in [2.24, 2.45) is 4.99 Å². The van der Waals surface area contributed by atoms with Crippen molar-refractivity contribution in [2.45, 2.75) is 0 Å². The normalized spacial score (nSPS) is 13.7. The van der Waals surface area contributed by atoms with Crippen LogP contribution in [0.3, 0.4) is 0 Å². The van der Waals surface area contributed by atoms with Crippen LogP contribution in [-0.4, -0.2) is 46.2 Å². The fourth-order valence-corrected chi connectivity index (χ4v) is 4.56. The standard InChI is InChI=1S/C33H26N6O3/c1-41-27-19-18-22(21-28(27)42-2)20-26-32(40)39(31(34-26)25-16-10-5-11-17-25)38-33-35-29(23-12-6-3-7-13-23)30(36-37-33)24-14-8-4-9-15-24/h3-21H,1-2H3,(H,35,37,38)/b26-20-. The number of carbonyl (C=O) groups excluding carboxylic acids is 1. The first-order valence-corrected chi connectivity index (χ1v) is 13.2. The average molecular weight is 555 g/mol. The zero-order valence-electron chi connectivity index (χ0n) is 22.9. The second kappa shape index (κ2) is 11.7. The third-order valence-electron chi connectivity index (χ3n) is 6.60. The molecule has 6 rings (SSSR count). The minimum Gasteiger partial charge on any atom is -0.493 e. The third kappa shape index (κ3) is 5.31. The molecule has 0 fully saturated rings. The number of rotatable bonds is 8. The number of nitrogens with one attached hydrogen (secondary N) is 1. The maximum atomic E-state index is 13.8. The number of hydrazine groups is 1. The maximum absolute atomic E-state index is 13.8. The first kappa shape index (κ1) is 26.4. The highest BCUT2D eigenvalue weighted by Gasteiger charge is 2.32. The third-order valence-corrected chi connectivity index (χ3v) is 6.60. The molecule has 0 radical (unpaired) electrons. The summed E-state index contributed by atoms with van der Waals surface area (Å²) in [7, 11) is 3.14. The summed E-state index contributed by atoms with van der Waals surface area (Å²) in [6, 6.07) is 34.3. The van der Waals surface area contributed by atoms with Crippen LogP contribution >= 0.6 is 0 Å². The van der Waals surface area contributed by atoms with E-state index in [2.05, 4.69) is 15.6 Å². The van der Waals surface area contributed by atoms with E-state index in [1.54, 1.807) is 32.4 Å². The lowest BCUT2D eigenvalue weighted by atomic mass is 10.0. The molecule has 0 saturated carbocycles. The maximum Gasteiger partial charge on any atom is 0.297 e. The SMILES string of the molecule is COc1ccc(/C=C2\N=C(c3ccccc3)N(Nc3nnc(-c4ccccc4)c(-c4ccccc4)n3)C2=O)cc1OC. The molecule has 2 heterocycles. The summed E-state index contributed by atoms with van der Waals surface area (Å²) in [6.45, 7) is 0. The molecule has 1 aliphatic rings. The molecule has 5 aromatic rings. The molecule has 0 unspecified atom stereocenters. The Bertz CT molecular complexity index is 1790. The Morgan fingerprint density at radius 2 is 1.29 bits per heavy atom. The Hall–Kier alpha value is -5.83. The van der Waals surface area contributed by atoms with Crippen molar-refractivity contribution in [1.29, 1.82) is 0 Å². The van der Waals surface area contributed by atoms with Crippen LogP contribution in [0.4, 0.5) is 5.95 Å². The van der Waals surface area contributed by atoms with Gasteiger partial charge in [-0.05, 0) is 23.8 Å². The van der Waals surface area contributed by atoms with Crippen molar-refractivity contribution in [3.8, 4) is 34.0 Å². The number of aromatic nitrogens is 3. The monoisotopic (exact) mass is 554 g/mol. The van der Waals surface area contributed by atoms with E-state index < -0.39 is 0 Å². The van der Waals surface area contributed by atoms with E-state index >= 15 is 0 Å². The molecular formula is C33H26N6O3. The van der Waals surface area contributed by atoms with Crippen LogP contribution in [0.1, 0.15) is 11.1 Å². The van der Waals surface area contributed by atoms with Gasteiger partial charge in [0.1, 0.15) is 17.1 Å². The molecule has 0 spiro atoms. The molecule has 0 bridgehead atoms. The number of nitrogens with zero attached hydrogens (tertiary/aromatic N) is 5. The molecule has 1 amide bonds. The van der Waals surface area contributed by atoms with Crippen molar-refractivity contribution < 1.29 is 14.3 Å². The highest BCUT2D eigenvalue weighted by atomic mass is 16.5. The zero-order chi connectivity index (χ0) is 28.9. The van der Waals surface area contributed by atoms with Gasteiger partial charge >= 0.3 is 0 Å². The van der Waals surface area contributed by atoms with E-state index in [1.807, 2.05) is 97.1 Å². The smallest absolute Gasteiger partial charge is 0.297 e. The lowest BCUT2D eigenvalue weighted by Gasteiger charge is -2.19. The summed E-state index contributed by atoms with van der Waals surface area (Å²) in [4.78, 5) is 23.3. The first-order chi connectivity index (χ1) is 20.6. The van der Waals surface area contributed by atoms with Gasteiger partial charge in [0, 0.05) is 16.7 Å². The van der Waals surface area contributed by atoms with Crippen LogP contribution in [0.25, 0.3) is 28.6 Å². The number of methoxy groups -OCH3 is 2. The minimum atomic E-state index is -0.374. The van der Waals surface area contributed by atoms with Gasteiger partial charge in [-0.1, -0.05) is 97.1 Å². The Morgan fingerprint density at radius 3 is 1.90 bits per heavy atom. The van der Waals surface area contributed by atoms with Gasteiger partial charge in [-0.25, -0.2) is 9.98 Å². The van der Waals surface area contributed by atoms with Gasteiger partial charge in [0.25, 0.3) is 11.9 Å². The Labute approximate surface area is 242 Å². The largest absolute Gasteiger partial charge is 0.493 e. The summed E-state index contributed by atoms with van der Waals surface area (Å²) in [5, 5.41) is 10.2. The van der Waals surface area contributed by atoms with Crippen molar-refractivity contribution in [3.63, 3.8) is 0 Å².